The molecule has 3 aromatic heterocycles. The molecule has 5 rings (SSSR count). The van der Waals surface area contributed by atoms with Crippen LogP contribution in [0.3, 0.4) is 0 Å². The van der Waals surface area contributed by atoms with Crippen molar-refractivity contribution >= 4 is 0 Å². The van der Waals surface area contributed by atoms with Crippen molar-refractivity contribution < 1.29 is 18.0 Å². The van der Waals surface area contributed by atoms with E-state index in [1.54, 1.807) is 29.7 Å². The summed E-state index contributed by atoms with van der Waals surface area (Å²) in [5, 5.41) is 19.9. The standard InChI is InChI=1S/C22H18F2N8O2/c1-31-19(12-33-15-6-7-17(23)18(24)10-15)16(11-25-31)22-26-21(28-34-22)14-5-3-4-13(8-14)9-20-27-29-30-32(20)2/h3-8,10-11H,9,12H2,1-2H3. The van der Waals surface area contributed by atoms with E-state index < -0.39 is 11.6 Å². The molecule has 172 valence electrons. The third-order valence-electron chi connectivity index (χ3n) is 5.24. The molecule has 5 aromatic rings. The van der Waals surface area contributed by atoms with E-state index in [2.05, 4.69) is 30.8 Å². The lowest BCUT2D eigenvalue weighted by atomic mass is 10.1. The van der Waals surface area contributed by atoms with Crippen molar-refractivity contribution in [3.8, 4) is 28.6 Å². The van der Waals surface area contributed by atoms with Crippen molar-refractivity contribution in [1.29, 1.82) is 0 Å². The largest absolute Gasteiger partial charge is 0.487 e. The highest BCUT2D eigenvalue weighted by molar-refractivity contribution is 5.61. The molecule has 34 heavy (non-hydrogen) atoms. The molecule has 0 aliphatic carbocycles. The predicted molar refractivity (Wildman–Crippen MR) is 114 cm³/mol. The number of rotatable bonds is 7. The normalized spacial score (nSPS) is 11.2. The summed E-state index contributed by atoms with van der Waals surface area (Å²) in [4.78, 5) is 4.52. The third kappa shape index (κ3) is 4.25. The zero-order chi connectivity index (χ0) is 23.7. The Kier molecular flexibility index (Phi) is 5.54. The van der Waals surface area contributed by atoms with E-state index >= 15 is 0 Å². The van der Waals surface area contributed by atoms with Crippen LogP contribution in [0, 0.1) is 11.6 Å². The second-order valence-electron chi connectivity index (χ2n) is 7.51. The molecule has 0 fully saturated rings. The average Bonchev–Trinajstić information content (AvgIpc) is 3.56. The first-order chi connectivity index (χ1) is 16.5. The zero-order valence-electron chi connectivity index (χ0n) is 18.2. The molecule has 0 bridgehead atoms. The van der Waals surface area contributed by atoms with Gasteiger partial charge in [-0.1, -0.05) is 23.4 Å². The minimum absolute atomic E-state index is 0.0375. The van der Waals surface area contributed by atoms with Crippen molar-refractivity contribution in [3.63, 3.8) is 0 Å². The van der Waals surface area contributed by atoms with Crippen LogP contribution in [-0.4, -0.2) is 40.1 Å². The lowest BCUT2D eigenvalue weighted by Gasteiger charge is -2.08. The Morgan fingerprint density at radius 3 is 2.71 bits per heavy atom. The Labute approximate surface area is 191 Å². The van der Waals surface area contributed by atoms with E-state index in [-0.39, 0.29) is 18.2 Å². The van der Waals surface area contributed by atoms with E-state index in [1.165, 1.54) is 6.07 Å². The summed E-state index contributed by atoms with van der Waals surface area (Å²) >= 11 is 0. The number of hydrogen-bond acceptors (Lipinski definition) is 8. The van der Waals surface area contributed by atoms with Gasteiger partial charge in [0.25, 0.3) is 5.89 Å². The zero-order valence-corrected chi connectivity index (χ0v) is 18.2. The molecule has 0 atom stereocenters. The van der Waals surface area contributed by atoms with Crippen molar-refractivity contribution in [2.24, 2.45) is 14.1 Å². The fourth-order valence-corrected chi connectivity index (χ4v) is 3.38. The van der Waals surface area contributed by atoms with Gasteiger partial charge in [0.15, 0.2) is 17.5 Å². The number of aromatic nitrogens is 8. The smallest absolute Gasteiger partial charge is 0.261 e. The maximum absolute atomic E-state index is 13.5. The Bertz CT molecular complexity index is 1460. The maximum atomic E-state index is 13.5. The SMILES string of the molecule is Cn1nnnc1Cc1cccc(-c2noc(-c3cnn(C)c3COc3ccc(F)c(F)c3)n2)c1. The number of tetrazole rings is 1. The number of ether oxygens (including phenoxy) is 1. The quantitative estimate of drug-likeness (QED) is 0.361. The van der Waals surface area contributed by atoms with Gasteiger partial charge in [0.05, 0.1) is 17.5 Å². The van der Waals surface area contributed by atoms with Crippen LogP contribution in [0.15, 0.2) is 53.2 Å². The lowest BCUT2D eigenvalue weighted by molar-refractivity contribution is 0.292. The van der Waals surface area contributed by atoms with Crippen LogP contribution in [0.1, 0.15) is 17.1 Å². The van der Waals surface area contributed by atoms with Crippen LogP contribution in [-0.2, 0) is 27.1 Å². The summed E-state index contributed by atoms with van der Waals surface area (Å²) < 4.78 is 41.0. The van der Waals surface area contributed by atoms with E-state index in [0.29, 0.717) is 23.5 Å². The van der Waals surface area contributed by atoms with Gasteiger partial charge < -0.3 is 9.26 Å². The minimum atomic E-state index is -0.984. The van der Waals surface area contributed by atoms with Crippen LogP contribution >= 0.6 is 0 Å². The number of nitrogens with zero attached hydrogens (tertiary/aromatic N) is 8. The molecule has 2 aromatic carbocycles. The molecule has 0 saturated heterocycles. The van der Waals surface area contributed by atoms with Gasteiger partial charge in [0, 0.05) is 32.1 Å². The van der Waals surface area contributed by atoms with E-state index in [1.807, 2.05) is 24.3 Å². The fraction of sp³-hybridized carbons (Fsp3) is 0.182. The Hall–Kier alpha value is -4.48. The van der Waals surface area contributed by atoms with Gasteiger partial charge in [0.1, 0.15) is 12.4 Å². The van der Waals surface area contributed by atoms with Crippen molar-refractivity contribution in [3.05, 3.63) is 77.4 Å². The average molecular weight is 464 g/mol. The topological polar surface area (TPSA) is 110 Å². The van der Waals surface area contributed by atoms with Crippen LogP contribution in [0.2, 0.25) is 0 Å². The molecule has 3 heterocycles. The Morgan fingerprint density at radius 1 is 1.03 bits per heavy atom. The first-order valence-corrected chi connectivity index (χ1v) is 10.2. The highest BCUT2D eigenvalue weighted by Crippen LogP contribution is 2.27. The van der Waals surface area contributed by atoms with Gasteiger partial charge in [0.2, 0.25) is 5.82 Å². The van der Waals surface area contributed by atoms with Gasteiger partial charge in [-0.05, 0) is 34.2 Å². The highest BCUT2D eigenvalue weighted by Gasteiger charge is 2.19. The van der Waals surface area contributed by atoms with Gasteiger partial charge in [-0.2, -0.15) is 10.1 Å². The summed E-state index contributed by atoms with van der Waals surface area (Å²) in [5.74, 6) is -0.343. The number of benzene rings is 2. The molecule has 0 aliphatic rings. The van der Waals surface area contributed by atoms with Gasteiger partial charge in [-0.3, -0.25) is 4.68 Å². The molecule has 0 unspecified atom stereocenters. The molecule has 0 aliphatic heterocycles. The van der Waals surface area contributed by atoms with E-state index in [4.69, 9.17) is 9.26 Å². The summed E-state index contributed by atoms with van der Waals surface area (Å²) in [7, 11) is 3.52. The summed E-state index contributed by atoms with van der Waals surface area (Å²) in [5.41, 5.74) is 2.96. The van der Waals surface area contributed by atoms with Crippen LogP contribution in [0.25, 0.3) is 22.8 Å². The number of hydrogen-bond donors (Lipinski definition) is 0. The Balaban J connectivity index is 1.36. The molecule has 0 saturated carbocycles. The predicted octanol–water partition coefficient (Wildman–Crippen LogP) is 3.11. The van der Waals surface area contributed by atoms with E-state index in [0.717, 1.165) is 29.1 Å². The van der Waals surface area contributed by atoms with Gasteiger partial charge in [-0.15, -0.1) is 5.10 Å². The van der Waals surface area contributed by atoms with Gasteiger partial charge in [-0.25, -0.2) is 13.5 Å². The molecule has 0 radical (unpaired) electrons. The lowest BCUT2D eigenvalue weighted by Crippen LogP contribution is -2.05. The molecular formula is C22H18F2N8O2. The van der Waals surface area contributed by atoms with E-state index in [9.17, 15) is 8.78 Å². The third-order valence-corrected chi connectivity index (χ3v) is 5.24. The summed E-state index contributed by atoms with van der Waals surface area (Å²) in [6, 6.07) is 11.0. The molecule has 0 N–H and O–H groups in total. The van der Waals surface area contributed by atoms with Crippen molar-refractivity contribution in [1.82, 2.24) is 40.1 Å². The molecule has 10 nitrogen and oxygen atoms in total. The van der Waals surface area contributed by atoms with Crippen LogP contribution in [0.5, 0.6) is 5.75 Å². The van der Waals surface area contributed by atoms with Crippen LogP contribution < -0.4 is 4.74 Å². The monoisotopic (exact) mass is 464 g/mol. The van der Waals surface area contributed by atoms with Gasteiger partial charge >= 0.3 is 0 Å². The number of halogens is 2. The second kappa shape index (κ2) is 8.81. The first kappa shape index (κ1) is 21.4. The Morgan fingerprint density at radius 2 is 1.91 bits per heavy atom. The van der Waals surface area contributed by atoms with Crippen LogP contribution in [0.4, 0.5) is 8.78 Å². The second-order valence-corrected chi connectivity index (χ2v) is 7.51. The van der Waals surface area contributed by atoms with Crippen molar-refractivity contribution in [2.75, 3.05) is 0 Å². The molecule has 0 amide bonds. The number of aryl methyl sites for hydroxylation is 2. The highest BCUT2D eigenvalue weighted by atomic mass is 19.2. The molecule has 12 heteroatoms. The maximum Gasteiger partial charge on any atom is 0.261 e. The summed E-state index contributed by atoms with van der Waals surface area (Å²) in [6.07, 6.45) is 2.13. The van der Waals surface area contributed by atoms with Crippen molar-refractivity contribution in [2.45, 2.75) is 13.0 Å². The fourth-order valence-electron chi connectivity index (χ4n) is 3.38. The summed E-state index contributed by atoms with van der Waals surface area (Å²) in [6.45, 7) is 0.0375. The first-order valence-electron chi connectivity index (χ1n) is 10.2. The minimum Gasteiger partial charge on any atom is -0.487 e. The molecule has 0 spiro atoms. The molecular weight excluding hydrogens is 446 g/mol.